The number of hydrogen-bond acceptors (Lipinski definition) is 4. The first-order chi connectivity index (χ1) is 10.3. The van der Waals surface area contributed by atoms with Gasteiger partial charge in [0.2, 0.25) is 0 Å². The van der Waals surface area contributed by atoms with E-state index in [1.54, 1.807) is 0 Å². The maximum atomic E-state index is 5.60. The van der Waals surface area contributed by atoms with Gasteiger partial charge in [-0.05, 0) is 43.7 Å². The zero-order valence-corrected chi connectivity index (χ0v) is 13.1. The minimum atomic E-state index is 0.624. The van der Waals surface area contributed by atoms with E-state index >= 15 is 0 Å². The van der Waals surface area contributed by atoms with E-state index in [2.05, 4.69) is 34.0 Å². The number of hydrogen-bond donors (Lipinski definition) is 0. The van der Waals surface area contributed by atoms with Crippen LogP contribution in [-0.2, 0) is 4.74 Å². The maximum Gasteiger partial charge on any atom is 0.128 e. The van der Waals surface area contributed by atoms with Crippen LogP contribution in [-0.4, -0.2) is 55.8 Å². The minimum absolute atomic E-state index is 0.624. The molecule has 0 aliphatic carbocycles. The Balaban J connectivity index is 1.46. The van der Waals surface area contributed by atoms with Gasteiger partial charge in [0.1, 0.15) is 5.82 Å². The number of anilines is 1. The van der Waals surface area contributed by atoms with Crippen LogP contribution in [0.3, 0.4) is 0 Å². The second-order valence-corrected chi connectivity index (χ2v) is 6.41. The number of rotatable bonds is 4. The van der Waals surface area contributed by atoms with Gasteiger partial charge in [-0.15, -0.1) is 0 Å². The molecule has 0 spiro atoms. The summed E-state index contributed by atoms with van der Waals surface area (Å²) in [6.07, 6.45) is 6.93. The molecule has 2 fully saturated rings. The van der Waals surface area contributed by atoms with Gasteiger partial charge in [0.25, 0.3) is 0 Å². The van der Waals surface area contributed by atoms with Crippen molar-refractivity contribution >= 4 is 5.82 Å². The number of nitrogens with zero attached hydrogens (tertiary/aromatic N) is 3. The van der Waals surface area contributed by atoms with Gasteiger partial charge in [0.05, 0.1) is 6.61 Å². The van der Waals surface area contributed by atoms with Crippen LogP contribution < -0.4 is 4.90 Å². The zero-order chi connectivity index (χ0) is 14.5. The fourth-order valence-corrected chi connectivity index (χ4v) is 3.56. The van der Waals surface area contributed by atoms with E-state index in [1.165, 1.54) is 45.3 Å². The molecule has 0 bridgehead atoms. The summed E-state index contributed by atoms with van der Waals surface area (Å²) in [6.45, 7) is 5.57. The van der Waals surface area contributed by atoms with Crippen LogP contribution in [0.4, 0.5) is 5.82 Å². The second-order valence-electron chi connectivity index (χ2n) is 6.41. The Morgan fingerprint density at radius 2 is 2.14 bits per heavy atom. The van der Waals surface area contributed by atoms with Gasteiger partial charge in [-0.2, -0.15) is 0 Å². The fourth-order valence-electron chi connectivity index (χ4n) is 3.56. The number of aromatic nitrogens is 1. The van der Waals surface area contributed by atoms with E-state index in [0.29, 0.717) is 6.04 Å². The van der Waals surface area contributed by atoms with Crippen LogP contribution in [0, 0.1) is 5.92 Å². The average molecular weight is 289 g/mol. The van der Waals surface area contributed by atoms with Crippen molar-refractivity contribution in [1.29, 1.82) is 0 Å². The first kappa shape index (κ1) is 14.8. The summed E-state index contributed by atoms with van der Waals surface area (Å²) in [7, 11) is 2.18. The summed E-state index contributed by atoms with van der Waals surface area (Å²) in [4.78, 5) is 9.44. The molecule has 21 heavy (non-hydrogen) atoms. The molecule has 3 rings (SSSR count). The highest BCUT2D eigenvalue weighted by atomic mass is 16.5. The molecule has 0 N–H and O–H groups in total. The van der Waals surface area contributed by atoms with E-state index in [1.807, 2.05) is 12.3 Å². The summed E-state index contributed by atoms with van der Waals surface area (Å²) in [5.74, 6) is 1.85. The maximum absolute atomic E-state index is 5.60. The summed E-state index contributed by atoms with van der Waals surface area (Å²) >= 11 is 0. The van der Waals surface area contributed by atoms with Crippen LogP contribution in [0.1, 0.15) is 25.7 Å². The Morgan fingerprint density at radius 1 is 1.29 bits per heavy atom. The summed E-state index contributed by atoms with van der Waals surface area (Å²) < 4.78 is 5.60. The van der Waals surface area contributed by atoms with Crippen molar-refractivity contribution in [2.24, 2.45) is 5.92 Å². The molecule has 0 amide bonds. The number of likely N-dealkylation sites (tertiary alicyclic amines) is 1. The van der Waals surface area contributed by atoms with E-state index in [4.69, 9.17) is 4.74 Å². The topological polar surface area (TPSA) is 28.6 Å². The van der Waals surface area contributed by atoms with Crippen LogP contribution >= 0.6 is 0 Å². The average Bonchev–Trinajstić information content (AvgIpc) is 2.57. The predicted octanol–water partition coefficient (Wildman–Crippen LogP) is 2.41. The predicted molar refractivity (Wildman–Crippen MR) is 85.6 cm³/mol. The van der Waals surface area contributed by atoms with Crippen LogP contribution in [0.25, 0.3) is 0 Å². The lowest BCUT2D eigenvalue weighted by Gasteiger charge is -2.39. The highest BCUT2D eigenvalue weighted by molar-refractivity contribution is 5.37. The molecule has 0 aromatic carbocycles. The third kappa shape index (κ3) is 3.95. The summed E-state index contributed by atoms with van der Waals surface area (Å²) in [6, 6.07) is 6.77. The van der Waals surface area contributed by atoms with Gasteiger partial charge < -0.3 is 14.5 Å². The van der Waals surface area contributed by atoms with E-state index in [9.17, 15) is 0 Å². The molecule has 0 radical (unpaired) electrons. The first-order valence-electron chi connectivity index (χ1n) is 8.27. The van der Waals surface area contributed by atoms with Gasteiger partial charge in [-0.3, -0.25) is 0 Å². The Morgan fingerprint density at radius 3 is 2.81 bits per heavy atom. The van der Waals surface area contributed by atoms with Crippen molar-refractivity contribution in [3.05, 3.63) is 24.4 Å². The third-order valence-corrected chi connectivity index (χ3v) is 4.89. The number of piperidine rings is 1. The van der Waals surface area contributed by atoms with Crippen molar-refractivity contribution < 1.29 is 4.74 Å². The lowest BCUT2D eigenvalue weighted by atomic mass is 9.98. The van der Waals surface area contributed by atoms with Crippen molar-refractivity contribution in [3.63, 3.8) is 0 Å². The fraction of sp³-hybridized carbons (Fsp3) is 0.706. The summed E-state index contributed by atoms with van der Waals surface area (Å²) in [5, 5.41) is 0. The normalized spacial score (nSPS) is 24.9. The van der Waals surface area contributed by atoms with Gasteiger partial charge in [0, 0.05) is 45.5 Å². The third-order valence-electron chi connectivity index (χ3n) is 4.89. The van der Waals surface area contributed by atoms with E-state index in [0.717, 1.165) is 24.9 Å². The Labute approximate surface area is 128 Å². The smallest absolute Gasteiger partial charge is 0.128 e. The summed E-state index contributed by atoms with van der Waals surface area (Å²) in [5.41, 5.74) is 0. The number of pyridine rings is 1. The highest BCUT2D eigenvalue weighted by Crippen LogP contribution is 2.22. The molecular weight excluding hydrogens is 262 g/mol. The zero-order valence-electron chi connectivity index (χ0n) is 13.1. The minimum Gasteiger partial charge on any atom is -0.381 e. The second kappa shape index (κ2) is 7.23. The first-order valence-corrected chi connectivity index (χ1v) is 8.27. The Hall–Kier alpha value is -1.13. The van der Waals surface area contributed by atoms with Crippen molar-refractivity contribution in [1.82, 2.24) is 9.88 Å². The van der Waals surface area contributed by atoms with Gasteiger partial charge in [-0.25, -0.2) is 4.98 Å². The molecule has 116 valence electrons. The molecule has 2 aliphatic rings. The van der Waals surface area contributed by atoms with Crippen LogP contribution in [0.5, 0.6) is 0 Å². The van der Waals surface area contributed by atoms with E-state index < -0.39 is 0 Å². The lowest BCUT2D eigenvalue weighted by Crippen LogP contribution is -2.45. The molecule has 1 atom stereocenters. The molecular formula is C17H27N3O. The standard InChI is InChI=1S/C17H27N3O/c1-19(17-6-2-3-9-18-17)16-7-10-20(11-8-16)13-15-5-4-12-21-14-15/h2-3,6,9,15-16H,4-5,7-8,10-14H2,1H3. The van der Waals surface area contributed by atoms with Crippen molar-refractivity contribution in [2.45, 2.75) is 31.7 Å². The molecule has 4 heteroatoms. The largest absolute Gasteiger partial charge is 0.381 e. The molecule has 4 nitrogen and oxygen atoms in total. The highest BCUT2D eigenvalue weighted by Gasteiger charge is 2.25. The molecule has 1 unspecified atom stereocenters. The molecule has 3 heterocycles. The van der Waals surface area contributed by atoms with Crippen molar-refractivity contribution in [3.8, 4) is 0 Å². The molecule has 0 saturated carbocycles. The van der Waals surface area contributed by atoms with Crippen LogP contribution in [0.15, 0.2) is 24.4 Å². The molecule has 2 aliphatic heterocycles. The van der Waals surface area contributed by atoms with Gasteiger partial charge in [-0.1, -0.05) is 6.07 Å². The van der Waals surface area contributed by atoms with E-state index in [-0.39, 0.29) is 0 Å². The Kier molecular flexibility index (Phi) is 5.09. The van der Waals surface area contributed by atoms with Gasteiger partial charge >= 0.3 is 0 Å². The molecule has 2 saturated heterocycles. The monoisotopic (exact) mass is 289 g/mol. The van der Waals surface area contributed by atoms with Gasteiger partial charge in [0.15, 0.2) is 0 Å². The van der Waals surface area contributed by atoms with Crippen LogP contribution in [0.2, 0.25) is 0 Å². The lowest BCUT2D eigenvalue weighted by molar-refractivity contribution is 0.0347. The molecule has 1 aromatic heterocycles. The number of ether oxygens (including phenoxy) is 1. The van der Waals surface area contributed by atoms with Crippen molar-refractivity contribution in [2.75, 3.05) is 44.8 Å². The quantitative estimate of drug-likeness (QED) is 0.851. The SMILES string of the molecule is CN(c1ccccn1)C1CCN(CC2CCCOC2)CC1. The Bertz CT molecular complexity index is 411. The molecule has 1 aromatic rings.